The normalized spacial score (nSPS) is 19.5. The van der Waals surface area contributed by atoms with Crippen molar-refractivity contribution in [2.45, 2.75) is 31.1 Å². The lowest BCUT2D eigenvalue weighted by Crippen LogP contribution is -2.38. The third kappa shape index (κ3) is 3.95. The standard InChI is InChI=1S/C17H23FN2O4S/c1-2-24-16-7-6-14(12-15(16)18)25(22,23)20-9-3-8-19(10-11-20)17(21)13-4-5-13/h6-7,12-13H,2-5,8-11H2,1H3. The fourth-order valence-electron chi connectivity index (χ4n) is 3.01. The summed E-state index contributed by atoms with van der Waals surface area (Å²) < 4.78 is 46.1. The molecular weight excluding hydrogens is 347 g/mol. The Hall–Kier alpha value is -1.67. The van der Waals surface area contributed by atoms with Gasteiger partial charge in [0.05, 0.1) is 11.5 Å². The Kier molecular flexibility index (Phi) is 5.29. The molecule has 0 radical (unpaired) electrons. The molecule has 0 spiro atoms. The molecule has 25 heavy (non-hydrogen) atoms. The third-order valence-corrected chi connectivity index (χ3v) is 6.43. The summed E-state index contributed by atoms with van der Waals surface area (Å²) in [7, 11) is -3.79. The molecule has 138 valence electrons. The van der Waals surface area contributed by atoms with Crippen LogP contribution in [0.15, 0.2) is 23.1 Å². The van der Waals surface area contributed by atoms with Crippen molar-refractivity contribution in [2.75, 3.05) is 32.8 Å². The number of hydrogen-bond acceptors (Lipinski definition) is 4. The number of halogens is 1. The van der Waals surface area contributed by atoms with E-state index in [4.69, 9.17) is 4.74 Å². The van der Waals surface area contributed by atoms with Crippen LogP contribution in [0.2, 0.25) is 0 Å². The van der Waals surface area contributed by atoms with Crippen molar-refractivity contribution in [1.82, 2.24) is 9.21 Å². The highest BCUT2D eigenvalue weighted by molar-refractivity contribution is 7.89. The fraction of sp³-hybridized carbons (Fsp3) is 0.588. The van der Waals surface area contributed by atoms with Crippen LogP contribution >= 0.6 is 0 Å². The van der Waals surface area contributed by atoms with Crippen LogP contribution < -0.4 is 4.74 Å². The van der Waals surface area contributed by atoms with Crippen molar-refractivity contribution in [3.05, 3.63) is 24.0 Å². The molecular formula is C17H23FN2O4S. The number of ether oxygens (including phenoxy) is 1. The van der Waals surface area contributed by atoms with Crippen LogP contribution in [-0.2, 0) is 14.8 Å². The largest absolute Gasteiger partial charge is 0.491 e. The molecule has 8 heteroatoms. The van der Waals surface area contributed by atoms with E-state index in [0.29, 0.717) is 32.7 Å². The molecule has 2 aliphatic rings. The molecule has 6 nitrogen and oxygen atoms in total. The summed E-state index contributed by atoms with van der Waals surface area (Å²) in [5, 5.41) is 0. The van der Waals surface area contributed by atoms with Crippen LogP contribution in [0.3, 0.4) is 0 Å². The summed E-state index contributed by atoms with van der Waals surface area (Å²) in [6.45, 7) is 3.55. The lowest BCUT2D eigenvalue weighted by Gasteiger charge is -2.22. The van der Waals surface area contributed by atoms with Crippen LogP contribution in [0, 0.1) is 11.7 Å². The fourth-order valence-corrected chi connectivity index (χ4v) is 4.49. The molecule has 1 aromatic carbocycles. The van der Waals surface area contributed by atoms with Crippen LogP contribution in [-0.4, -0.2) is 56.3 Å². The number of benzene rings is 1. The third-order valence-electron chi connectivity index (χ3n) is 4.53. The maximum absolute atomic E-state index is 14.0. The van der Waals surface area contributed by atoms with Crippen molar-refractivity contribution in [3.8, 4) is 5.75 Å². The van der Waals surface area contributed by atoms with E-state index in [-0.39, 0.29) is 29.0 Å². The summed E-state index contributed by atoms with van der Waals surface area (Å²) >= 11 is 0. The van der Waals surface area contributed by atoms with Gasteiger partial charge in [-0.05, 0) is 44.4 Å². The maximum Gasteiger partial charge on any atom is 0.243 e. The van der Waals surface area contributed by atoms with Crippen molar-refractivity contribution in [3.63, 3.8) is 0 Å². The van der Waals surface area contributed by atoms with Gasteiger partial charge in [-0.2, -0.15) is 4.31 Å². The Balaban J connectivity index is 1.73. The number of sulfonamides is 1. The first-order chi connectivity index (χ1) is 11.9. The molecule has 2 fully saturated rings. The summed E-state index contributed by atoms with van der Waals surface area (Å²) in [4.78, 5) is 13.8. The van der Waals surface area contributed by atoms with E-state index in [0.717, 1.165) is 18.9 Å². The molecule has 1 saturated carbocycles. The summed E-state index contributed by atoms with van der Waals surface area (Å²) in [5.41, 5.74) is 0. The number of hydrogen-bond donors (Lipinski definition) is 0. The number of carbonyl (C=O) groups is 1. The van der Waals surface area contributed by atoms with Crippen LogP contribution in [0.25, 0.3) is 0 Å². The monoisotopic (exact) mass is 370 g/mol. The van der Waals surface area contributed by atoms with E-state index < -0.39 is 15.8 Å². The lowest BCUT2D eigenvalue weighted by atomic mass is 10.3. The van der Waals surface area contributed by atoms with Gasteiger partial charge in [-0.1, -0.05) is 0 Å². The summed E-state index contributed by atoms with van der Waals surface area (Å²) in [5.74, 6) is -0.392. The van der Waals surface area contributed by atoms with Gasteiger partial charge in [-0.15, -0.1) is 0 Å². The first kappa shape index (κ1) is 18.1. The molecule has 3 rings (SSSR count). The molecule has 0 bridgehead atoms. The topological polar surface area (TPSA) is 66.9 Å². The van der Waals surface area contributed by atoms with Crippen LogP contribution in [0.1, 0.15) is 26.2 Å². The van der Waals surface area contributed by atoms with E-state index in [1.807, 2.05) is 0 Å². The predicted octanol–water partition coefficient (Wildman–Crippen LogP) is 1.86. The van der Waals surface area contributed by atoms with Crippen molar-refractivity contribution >= 4 is 15.9 Å². The molecule has 1 aliphatic carbocycles. The molecule has 1 heterocycles. The Morgan fingerprint density at radius 2 is 2.00 bits per heavy atom. The molecule has 0 unspecified atom stereocenters. The van der Waals surface area contributed by atoms with Gasteiger partial charge in [0.25, 0.3) is 0 Å². The average Bonchev–Trinajstić information content (AvgIpc) is 3.42. The average molecular weight is 370 g/mol. The minimum atomic E-state index is -3.79. The molecule has 1 aromatic rings. The molecule has 1 aliphatic heterocycles. The minimum Gasteiger partial charge on any atom is -0.491 e. The molecule has 0 N–H and O–H groups in total. The van der Waals surface area contributed by atoms with Gasteiger partial charge in [0.2, 0.25) is 15.9 Å². The van der Waals surface area contributed by atoms with Gasteiger partial charge >= 0.3 is 0 Å². The van der Waals surface area contributed by atoms with Gasteiger partial charge in [-0.3, -0.25) is 4.79 Å². The quantitative estimate of drug-likeness (QED) is 0.793. The molecule has 1 amide bonds. The smallest absolute Gasteiger partial charge is 0.243 e. The van der Waals surface area contributed by atoms with Crippen LogP contribution in [0.4, 0.5) is 4.39 Å². The zero-order chi connectivity index (χ0) is 18.0. The van der Waals surface area contributed by atoms with Gasteiger partial charge in [-0.25, -0.2) is 12.8 Å². The first-order valence-corrected chi connectivity index (χ1v) is 10.1. The van der Waals surface area contributed by atoms with Crippen LogP contribution in [0.5, 0.6) is 5.75 Å². The first-order valence-electron chi connectivity index (χ1n) is 8.64. The second kappa shape index (κ2) is 7.29. The van der Waals surface area contributed by atoms with E-state index >= 15 is 0 Å². The molecule has 1 saturated heterocycles. The Labute approximate surface area is 147 Å². The van der Waals surface area contributed by atoms with E-state index in [2.05, 4.69) is 0 Å². The van der Waals surface area contributed by atoms with Gasteiger partial charge in [0.15, 0.2) is 11.6 Å². The van der Waals surface area contributed by atoms with Crippen molar-refractivity contribution in [1.29, 1.82) is 0 Å². The molecule has 0 aromatic heterocycles. The second-order valence-corrected chi connectivity index (χ2v) is 8.32. The Morgan fingerprint density at radius 3 is 2.64 bits per heavy atom. The van der Waals surface area contributed by atoms with Crippen molar-refractivity contribution < 1.29 is 22.3 Å². The van der Waals surface area contributed by atoms with E-state index in [1.165, 1.54) is 16.4 Å². The number of carbonyl (C=O) groups excluding carboxylic acids is 1. The van der Waals surface area contributed by atoms with Crippen molar-refractivity contribution in [2.24, 2.45) is 5.92 Å². The summed E-state index contributed by atoms with van der Waals surface area (Å²) in [6, 6.07) is 3.70. The number of rotatable bonds is 5. The van der Waals surface area contributed by atoms with E-state index in [1.54, 1.807) is 11.8 Å². The number of amides is 1. The highest BCUT2D eigenvalue weighted by Crippen LogP contribution is 2.31. The van der Waals surface area contributed by atoms with Gasteiger partial charge in [0, 0.05) is 32.1 Å². The zero-order valence-electron chi connectivity index (χ0n) is 14.3. The van der Waals surface area contributed by atoms with E-state index in [9.17, 15) is 17.6 Å². The Bertz CT molecular complexity index is 749. The second-order valence-electron chi connectivity index (χ2n) is 6.38. The molecule has 0 atom stereocenters. The highest BCUT2D eigenvalue weighted by Gasteiger charge is 2.35. The summed E-state index contributed by atoms with van der Waals surface area (Å²) in [6.07, 6.45) is 2.45. The minimum absolute atomic E-state index is 0.0403. The number of nitrogens with zero attached hydrogens (tertiary/aromatic N) is 2. The maximum atomic E-state index is 14.0. The highest BCUT2D eigenvalue weighted by atomic mass is 32.2. The van der Waals surface area contributed by atoms with Gasteiger partial charge in [0.1, 0.15) is 0 Å². The Morgan fingerprint density at radius 1 is 1.24 bits per heavy atom. The zero-order valence-corrected chi connectivity index (χ0v) is 15.1. The SMILES string of the molecule is CCOc1ccc(S(=O)(=O)N2CCCN(C(=O)C3CC3)CC2)cc1F. The van der Waals surface area contributed by atoms with Gasteiger partial charge < -0.3 is 9.64 Å². The predicted molar refractivity (Wildman–Crippen MR) is 90.2 cm³/mol. The lowest BCUT2D eigenvalue weighted by molar-refractivity contribution is -0.132.